The molecule has 0 saturated heterocycles. The van der Waals surface area contributed by atoms with Crippen molar-refractivity contribution in [3.63, 3.8) is 0 Å². The number of benzene rings is 2. The Morgan fingerprint density at radius 2 is 1.26 bits per heavy atom. The summed E-state index contributed by atoms with van der Waals surface area (Å²) in [6, 6.07) is 19.3. The number of aliphatic hydroxyl groups is 2. The van der Waals surface area contributed by atoms with Crippen LogP contribution in [-0.4, -0.2) is 16.0 Å². The van der Waals surface area contributed by atoms with Gasteiger partial charge in [0.15, 0.2) is 5.79 Å². The van der Waals surface area contributed by atoms with Gasteiger partial charge in [-0.2, -0.15) is 0 Å². The molecule has 2 N–H and O–H groups in total. The predicted octanol–water partition coefficient (Wildman–Crippen LogP) is 3.30. The van der Waals surface area contributed by atoms with Crippen molar-refractivity contribution in [3.05, 3.63) is 71.8 Å². The normalized spacial score (nSPS) is 11.8. The highest BCUT2D eigenvalue weighted by molar-refractivity contribution is 5.34. The summed E-state index contributed by atoms with van der Waals surface area (Å²) < 4.78 is 0. The van der Waals surface area contributed by atoms with Gasteiger partial charge in [-0.3, -0.25) is 0 Å². The third-order valence-corrected chi connectivity index (χ3v) is 3.35. The molecular formula is C17H20O2. The molecule has 0 aliphatic heterocycles. The molecule has 0 atom stereocenters. The molecule has 2 heteroatoms. The Morgan fingerprint density at radius 3 is 1.63 bits per heavy atom. The quantitative estimate of drug-likeness (QED) is 0.806. The van der Waals surface area contributed by atoms with E-state index in [0.717, 1.165) is 17.5 Å². The van der Waals surface area contributed by atoms with E-state index in [1.807, 2.05) is 67.6 Å². The van der Waals surface area contributed by atoms with E-state index in [2.05, 4.69) is 0 Å². The number of hydrogen-bond acceptors (Lipinski definition) is 2. The van der Waals surface area contributed by atoms with Crippen LogP contribution < -0.4 is 0 Å². The number of hydrogen-bond donors (Lipinski definition) is 2. The second kappa shape index (κ2) is 6.00. The number of rotatable bonds is 5. The molecule has 0 aromatic heterocycles. The summed E-state index contributed by atoms with van der Waals surface area (Å²) in [4.78, 5) is 0. The lowest BCUT2D eigenvalue weighted by Crippen LogP contribution is -2.36. The Morgan fingerprint density at radius 1 is 0.842 bits per heavy atom. The van der Waals surface area contributed by atoms with Gasteiger partial charge in [-0.1, -0.05) is 74.0 Å². The van der Waals surface area contributed by atoms with Crippen molar-refractivity contribution in [2.24, 2.45) is 0 Å². The van der Waals surface area contributed by atoms with Crippen LogP contribution in [0, 0.1) is 0 Å². The van der Waals surface area contributed by atoms with Gasteiger partial charge in [0.05, 0.1) is 5.92 Å². The van der Waals surface area contributed by atoms with Crippen LogP contribution in [0.1, 0.15) is 36.8 Å². The van der Waals surface area contributed by atoms with E-state index in [0.29, 0.717) is 6.42 Å². The van der Waals surface area contributed by atoms with Crippen molar-refractivity contribution in [3.8, 4) is 0 Å². The SMILES string of the molecule is CCCC(O)(O)C(c1ccccc1)c1ccccc1. The van der Waals surface area contributed by atoms with Crippen LogP contribution in [0.3, 0.4) is 0 Å². The van der Waals surface area contributed by atoms with Crippen molar-refractivity contribution in [1.82, 2.24) is 0 Å². The fourth-order valence-electron chi connectivity index (χ4n) is 2.53. The lowest BCUT2D eigenvalue weighted by atomic mass is 9.82. The van der Waals surface area contributed by atoms with Gasteiger partial charge in [0.25, 0.3) is 0 Å². The Kier molecular flexibility index (Phi) is 4.35. The molecule has 100 valence electrons. The van der Waals surface area contributed by atoms with Crippen LogP contribution in [0.25, 0.3) is 0 Å². The standard InChI is InChI=1S/C17H20O2/c1-2-13-17(18,19)16(14-9-5-3-6-10-14)15-11-7-4-8-12-15/h3-12,16,18-19H,2,13H2,1H3. The molecule has 0 amide bonds. The van der Waals surface area contributed by atoms with Crippen molar-refractivity contribution < 1.29 is 10.2 Å². The van der Waals surface area contributed by atoms with Crippen LogP contribution in [0.15, 0.2) is 60.7 Å². The summed E-state index contributed by atoms with van der Waals surface area (Å²) in [5, 5.41) is 20.9. The van der Waals surface area contributed by atoms with Gasteiger partial charge in [0.2, 0.25) is 0 Å². The van der Waals surface area contributed by atoms with Gasteiger partial charge in [0.1, 0.15) is 0 Å². The molecule has 2 rings (SSSR count). The minimum atomic E-state index is -1.72. The maximum Gasteiger partial charge on any atom is 0.173 e. The zero-order valence-corrected chi connectivity index (χ0v) is 11.2. The second-order valence-corrected chi connectivity index (χ2v) is 4.88. The lowest BCUT2D eigenvalue weighted by molar-refractivity contribution is -0.176. The Labute approximate surface area is 114 Å². The minimum absolute atomic E-state index is 0.349. The van der Waals surface area contributed by atoms with Crippen molar-refractivity contribution in [1.29, 1.82) is 0 Å². The molecule has 0 heterocycles. The average Bonchev–Trinajstić information content (AvgIpc) is 2.41. The molecule has 19 heavy (non-hydrogen) atoms. The van der Waals surface area contributed by atoms with Crippen molar-refractivity contribution in [2.45, 2.75) is 31.5 Å². The van der Waals surface area contributed by atoms with E-state index >= 15 is 0 Å². The van der Waals surface area contributed by atoms with Crippen molar-refractivity contribution in [2.75, 3.05) is 0 Å². The zero-order valence-electron chi connectivity index (χ0n) is 11.2. The van der Waals surface area contributed by atoms with E-state index in [-0.39, 0.29) is 0 Å². The Balaban J connectivity index is 2.46. The first-order chi connectivity index (χ1) is 9.15. The van der Waals surface area contributed by atoms with E-state index in [1.165, 1.54) is 0 Å². The third kappa shape index (κ3) is 3.22. The predicted molar refractivity (Wildman–Crippen MR) is 76.8 cm³/mol. The van der Waals surface area contributed by atoms with Crippen LogP contribution in [0.2, 0.25) is 0 Å². The van der Waals surface area contributed by atoms with E-state index < -0.39 is 11.7 Å². The molecule has 0 aliphatic carbocycles. The summed E-state index contributed by atoms with van der Waals surface area (Å²) in [7, 11) is 0. The molecular weight excluding hydrogens is 236 g/mol. The van der Waals surface area contributed by atoms with Gasteiger partial charge < -0.3 is 10.2 Å². The van der Waals surface area contributed by atoms with E-state index in [4.69, 9.17) is 0 Å². The monoisotopic (exact) mass is 256 g/mol. The van der Waals surface area contributed by atoms with Crippen LogP contribution in [0.5, 0.6) is 0 Å². The second-order valence-electron chi connectivity index (χ2n) is 4.88. The molecule has 0 radical (unpaired) electrons. The third-order valence-electron chi connectivity index (χ3n) is 3.35. The molecule has 2 aromatic carbocycles. The molecule has 0 aliphatic rings. The summed E-state index contributed by atoms with van der Waals surface area (Å²) in [5.41, 5.74) is 1.85. The summed E-state index contributed by atoms with van der Waals surface area (Å²) in [6.45, 7) is 1.95. The van der Waals surface area contributed by atoms with Crippen LogP contribution in [0.4, 0.5) is 0 Å². The van der Waals surface area contributed by atoms with Gasteiger partial charge in [0, 0.05) is 6.42 Å². The summed E-state index contributed by atoms with van der Waals surface area (Å²) >= 11 is 0. The fourth-order valence-corrected chi connectivity index (χ4v) is 2.53. The van der Waals surface area contributed by atoms with Gasteiger partial charge >= 0.3 is 0 Å². The van der Waals surface area contributed by atoms with E-state index in [1.54, 1.807) is 0 Å². The average molecular weight is 256 g/mol. The van der Waals surface area contributed by atoms with Gasteiger partial charge in [-0.15, -0.1) is 0 Å². The van der Waals surface area contributed by atoms with E-state index in [9.17, 15) is 10.2 Å². The molecule has 2 aromatic rings. The summed E-state index contributed by atoms with van der Waals surface area (Å²) in [6.07, 6.45) is 1.07. The Bertz CT molecular complexity index is 452. The van der Waals surface area contributed by atoms with Crippen molar-refractivity contribution >= 4 is 0 Å². The molecule has 0 unspecified atom stereocenters. The van der Waals surface area contributed by atoms with Gasteiger partial charge in [-0.25, -0.2) is 0 Å². The largest absolute Gasteiger partial charge is 0.365 e. The lowest BCUT2D eigenvalue weighted by Gasteiger charge is -2.32. The first-order valence-electron chi connectivity index (χ1n) is 6.70. The molecule has 0 bridgehead atoms. The van der Waals surface area contributed by atoms with Crippen LogP contribution in [-0.2, 0) is 0 Å². The molecule has 0 fully saturated rings. The minimum Gasteiger partial charge on any atom is -0.365 e. The molecule has 2 nitrogen and oxygen atoms in total. The van der Waals surface area contributed by atoms with Crippen LogP contribution >= 0.6 is 0 Å². The molecule has 0 saturated carbocycles. The highest BCUT2D eigenvalue weighted by atomic mass is 16.5. The first-order valence-corrected chi connectivity index (χ1v) is 6.70. The van der Waals surface area contributed by atoms with Gasteiger partial charge in [-0.05, 0) is 11.1 Å². The smallest absolute Gasteiger partial charge is 0.173 e. The first kappa shape index (κ1) is 13.8. The topological polar surface area (TPSA) is 40.5 Å². The highest BCUT2D eigenvalue weighted by Gasteiger charge is 2.35. The highest BCUT2D eigenvalue weighted by Crippen LogP contribution is 2.35. The zero-order chi connectivity index (χ0) is 13.7. The Hall–Kier alpha value is -1.64. The maximum absolute atomic E-state index is 10.4. The summed E-state index contributed by atoms with van der Waals surface area (Å²) in [5.74, 6) is -2.15. The fraction of sp³-hybridized carbons (Fsp3) is 0.294. The maximum atomic E-state index is 10.4. The molecule has 0 spiro atoms.